The third kappa shape index (κ3) is 2.76. The maximum Gasteiger partial charge on any atom is 0.257 e. The number of carbonyl (C=O) groups is 1. The first-order chi connectivity index (χ1) is 13.9. The molecule has 1 unspecified atom stereocenters. The molecule has 0 fully saturated rings. The van der Waals surface area contributed by atoms with Gasteiger partial charge in [-0.1, -0.05) is 6.07 Å². The summed E-state index contributed by atoms with van der Waals surface area (Å²) in [6.07, 6.45) is 4.68. The number of halogens is 2. The molecule has 29 heavy (non-hydrogen) atoms. The summed E-state index contributed by atoms with van der Waals surface area (Å²) >= 11 is 3.38. The van der Waals surface area contributed by atoms with Crippen LogP contribution in [0.4, 0.5) is 10.2 Å². The summed E-state index contributed by atoms with van der Waals surface area (Å²) in [6, 6.07) is 6.43. The molecule has 1 aliphatic rings. The fraction of sp³-hybridized carbons (Fsp3) is 0.200. The van der Waals surface area contributed by atoms with Gasteiger partial charge in [0, 0.05) is 18.8 Å². The highest BCUT2D eigenvalue weighted by molar-refractivity contribution is 9.10. The second-order valence-corrected chi connectivity index (χ2v) is 7.92. The van der Waals surface area contributed by atoms with Gasteiger partial charge in [-0.2, -0.15) is 0 Å². The molecule has 4 aromatic rings. The van der Waals surface area contributed by atoms with E-state index < -0.39 is 11.7 Å². The predicted octanol–water partition coefficient (Wildman–Crippen LogP) is 3.52. The number of hydrogen-bond acceptors (Lipinski definition) is 5. The minimum atomic E-state index is -0.632. The lowest BCUT2D eigenvalue weighted by atomic mass is 10.1. The van der Waals surface area contributed by atoms with E-state index >= 15 is 0 Å². The molecule has 0 aliphatic heterocycles. The highest BCUT2D eigenvalue weighted by Crippen LogP contribution is 2.36. The Morgan fingerprint density at radius 3 is 2.97 bits per heavy atom. The van der Waals surface area contributed by atoms with Crippen LogP contribution in [0.1, 0.15) is 34.1 Å². The number of fused-ring (bicyclic) bond motifs is 4. The Morgan fingerprint density at radius 2 is 2.14 bits per heavy atom. The van der Waals surface area contributed by atoms with E-state index in [1.807, 2.05) is 12.1 Å². The topological polar surface area (TPSA) is 89.4 Å². The van der Waals surface area contributed by atoms with E-state index in [0.717, 1.165) is 28.7 Å². The summed E-state index contributed by atoms with van der Waals surface area (Å²) in [5, 5.41) is 0. The summed E-state index contributed by atoms with van der Waals surface area (Å²) in [6.45, 7) is 0. The third-order valence-electron chi connectivity index (χ3n) is 5.47. The number of nitrogens with zero attached hydrogens (tertiary/aromatic N) is 5. The molecule has 1 aromatic carbocycles. The summed E-state index contributed by atoms with van der Waals surface area (Å²) in [4.78, 5) is 27.6. The van der Waals surface area contributed by atoms with Gasteiger partial charge in [-0.3, -0.25) is 9.20 Å². The van der Waals surface area contributed by atoms with Crippen LogP contribution in [0.5, 0.6) is 0 Å². The molecule has 0 saturated heterocycles. The molecule has 7 nitrogen and oxygen atoms in total. The summed E-state index contributed by atoms with van der Waals surface area (Å²) in [7, 11) is 1.70. The normalized spacial score (nSPS) is 15.8. The average Bonchev–Trinajstić information content (AvgIpc) is 3.34. The Labute approximate surface area is 173 Å². The van der Waals surface area contributed by atoms with Crippen molar-refractivity contribution in [3.8, 4) is 0 Å². The Hall–Kier alpha value is -3.07. The number of nitrogen functional groups attached to an aromatic ring is 1. The first kappa shape index (κ1) is 18.0. The molecule has 9 heteroatoms. The van der Waals surface area contributed by atoms with Crippen LogP contribution in [0.15, 0.2) is 41.4 Å². The minimum absolute atomic E-state index is 0.0138. The average molecular weight is 455 g/mol. The van der Waals surface area contributed by atoms with Crippen molar-refractivity contribution in [1.29, 1.82) is 0 Å². The highest BCUT2D eigenvalue weighted by atomic mass is 79.9. The smallest absolute Gasteiger partial charge is 0.257 e. The fourth-order valence-electron chi connectivity index (χ4n) is 4.01. The van der Waals surface area contributed by atoms with Crippen molar-refractivity contribution in [2.75, 3.05) is 12.8 Å². The minimum Gasteiger partial charge on any atom is -0.382 e. The van der Waals surface area contributed by atoms with Gasteiger partial charge >= 0.3 is 0 Å². The van der Waals surface area contributed by atoms with Gasteiger partial charge in [0.1, 0.15) is 21.8 Å². The van der Waals surface area contributed by atoms with Crippen LogP contribution in [-0.4, -0.2) is 37.2 Å². The lowest BCUT2D eigenvalue weighted by Crippen LogP contribution is -2.31. The molecule has 146 valence electrons. The number of amides is 1. The van der Waals surface area contributed by atoms with Crippen molar-refractivity contribution >= 4 is 44.2 Å². The van der Waals surface area contributed by atoms with Crippen molar-refractivity contribution < 1.29 is 9.18 Å². The molecule has 1 amide bonds. The zero-order valence-electron chi connectivity index (χ0n) is 15.4. The standard InChI is InChI=1S/C20H16BrFN6O/c1-27(15-4-3-13-10(15)2-5-18(21)25-13)20(29)11-6-16-14(7-12(11)22)26-19(23)17-8-24-9-28(16)17/h2,5-9,15H,3-4H2,1H3,(H2,23,26). The van der Waals surface area contributed by atoms with Gasteiger partial charge in [-0.05, 0) is 46.5 Å². The molecule has 3 aromatic heterocycles. The van der Waals surface area contributed by atoms with Gasteiger partial charge in [0.15, 0.2) is 0 Å². The van der Waals surface area contributed by atoms with E-state index in [4.69, 9.17) is 5.73 Å². The molecule has 1 aliphatic carbocycles. The van der Waals surface area contributed by atoms with Gasteiger partial charge in [0.2, 0.25) is 0 Å². The molecule has 5 rings (SSSR count). The van der Waals surface area contributed by atoms with E-state index in [2.05, 4.69) is 30.9 Å². The maximum atomic E-state index is 14.9. The van der Waals surface area contributed by atoms with E-state index in [-0.39, 0.29) is 17.4 Å². The van der Waals surface area contributed by atoms with Crippen LogP contribution in [0.25, 0.3) is 16.6 Å². The van der Waals surface area contributed by atoms with Crippen molar-refractivity contribution in [2.24, 2.45) is 0 Å². The van der Waals surface area contributed by atoms with Crippen LogP contribution in [-0.2, 0) is 6.42 Å². The van der Waals surface area contributed by atoms with Crippen molar-refractivity contribution in [3.63, 3.8) is 0 Å². The molecule has 0 saturated carbocycles. The van der Waals surface area contributed by atoms with Gasteiger partial charge in [0.05, 0.1) is 35.2 Å². The van der Waals surface area contributed by atoms with Gasteiger partial charge in [-0.15, -0.1) is 0 Å². The Balaban J connectivity index is 1.58. The zero-order chi connectivity index (χ0) is 20.3. The number of imidazole rings is 1. The number of nitrogens with two attached hydrogens (primary N) is 1. The van der Waals surface area contributed by atoms with Crippen LogP contribution >= 0.6 is 15.9 Å². The Bertz CT molecular complexity index is 1300. The maximum absolute atomic E-state index is 14.9. The first-order valence-electron chi connectivity index (χ1n) is 9.07. The number of anilines is 1. The van der Waals surface area contributed by atoms with E-state index in [1.54, 1.807) is 28.9 Å². The van der Waals surface area contributed by atoms with Crippen LogP contribution in [0, 0.1) is 5.82 Å². The fourth-order valence-corrected chi connectivity index (χ4v) is 4.36. The number of hydrogen-bond donors (Lipinski definition) is 1. The first-order valence-corrected chi connectivity index (χ1v) is 9.86. The van der Waals surface area contributed by atoms with E-state index in [1.165, 1.54) is 12.1 Å². The molecule has 0 bridgehead atoms. The largest absolute Gasteiger partial charge is 0.382 e. The summed E-state index contributed by atoms with van der Waals surface area (Å²) in [5.74, 6) is -0.769. The number of pyridine rings is 1. The molecule has 0 spiro atoms. The Kier molecular flexibility index (Phi) is 4.02. The number of carbonyl (C=O) groups excluding carboxylic acids is 1. The molecule has 3 heterocycles. The monoisotopic (exact) mass is 454 g/mol. The number of benzene rings is 1. The van der Waals surface area contributed by atoms with Crippen molar-refractivity contribution in [3.05, 3.63) is 64.0 Å². The number of aromatic nitrogens is 4. The van der Waals surface area contributed by atoms with E-state index in [0.29, 0.717) is 16.6 Å². The molecule has 1 atom stereocenters. The zero-order valence-corrected chi connectivity index (χ0v) is 17.0. The van der Waals surface area contributed by atoms with Crippen molar-refractivity contribution in [2.45, 2.75) is 18.9 Å². The van der Waals surface area contributed by atoms with Crippen LogP contribution in [0.2, 0.25) is 0 Å². The lowest BCUT2D eigenvalue weighted by Gasteiger charge is -2.25. The molecular weight excluding hydrogens is 439 g/mol. The highest BCUT2D eigenvalue weighted by Gasteiger charge is 2.31. The molecule has 0 radical (unpaired) electrons. The quantitative estimate of drug-likeness (QED) is 0.468. The summed E-state index contributed by atoms with van der Waals surface area (Å²) < 4.78 is 17.3. The van der Waals surface area contributed by atoms with Gasteiger partial charge in [-0.25, -0.2) is 19.3 Å². The van der Waals surface area contributed by atoms with Crippen LogP contribution < -0.4 is 5.73 Å². The van der Waals surface area contributed by atoms with Crippen LogP contribution in [0.3, 0.4) is 0 Å². The Morgan fingerprint density at radius 1 is 1.31 bits per heavy atom. The number of aryl methyl sites for hydroxylation is 1. The van der Waals surface area contributed by atoms with Crippen molar-refractivity contribution in [1.82, 2.24) is 24.3 Å². The molecular formula is C20H16BrFN6O. The SMILES string of the molecule is CN(C(=O)c1cc2c(cc1F)nc(N)c1cncn12)C1CCc2nc(Br)ccc21. The van der Waals surface area contributed by atoms with Gasteiger partial charge in [0.25, 0.3) is 5.91 Å². The second-order valence-electron chi connectivity index (χ2n) is 7.11. The number of rotatable bonds is 2. The van der Waals surface area contributed by atoms with E-state index in [9.17, 15) is 9.18 Å². The molecule has 2 N–H and O–H groups in total. The third-order valence-corrected chi connectivity index (χ3v) is 5.91. The predicted molar refractivity (Wildman–Crippen MR) is 110 cm³/mol. The summed E-state index contributed by atoms with van der Waals surface area (Å²) in [5.41, 5.74) is 9.41. The lowest BCUT2D eigenvalue weighted by molar-refractivity contribution is 0.0726. The van der Waals surface area contributed by atoms with Gasteiger partial charge < -0.3 is 10.6 Å². The second kappa shape index (κ2) is 6.48.